The van der Waals surface area contributed by atoms with Crippen LogP contribution in [0.25, 0.3) is 6.08 Å². The highest BCUT2D eigenvalue weighted by Gasteiger charge is 2.16. The van der Waals surface area contributed by atoms with Crippen LogP contribution in [0.2, 0.25) is 10.2 Å². The van der Waals surface area contributed by atoms with Gasteiger partial charge < -0.3 is 9.64 Å². The summed E-state index contributed by atoms with van der Waals surface area (Å²) in [7, 11) is 3.15. The molecule has 0 spiro atoms. The molecule has 0 unspecified atom stereocenters. The van der Waals surface area contributed by atoms with Gasteiger partial charge in [-0.1, -0.05) is 29.3 Å². The monoisotopic (exact) mass is 413 g/mol. The average molecular weight is 414 g/mol. The predicted molar refractivity (Wildman–Crippen MR) is 101 cm³/mol. The van der Waals surface area contributed by atoms with Crippen LogP contribution in [0.3, 0.4) is 0 Å². The maximum atomic E-state index is 13.8. The number of nitrogens with zero attached hydrogens (tertiary/aromatic N) is 3. The van der Waals surface area contributed by atoms with Crippen molar-refractivity contribution in [2.75, 3.05) is 13.7 Å². The molecule has 0 fully saturated rings. The first-order chi connectivity index (χ1) is 12.7. The fourth-order valence-corrected chi connectivity index (χ4v) is 2.75. The molecule has 2 aromatic rings. The van der Waals surface area contributed by atoms with Gasteiger partial charge in [0, 0.05) is 42.9 Å². The molecule has 1 heterocycles. The van der Waals surface area contributed by atoms with E-state index in [-0.39, 0.29) is 17.1 Å². The first-order valence-electron chi connectivity index (χ1n) is 7.91. The molecule has 1 amide bonds. The minimum absolute atomic E-state index is 0.0395. The zero-order chi connectivity index (χ0) is 20.1. The number of esters is 1. The fraction of sp³-hybridized carbons (Fsp3) is 0.278. The molecule has 0 N–H and O–H groups in total. The largest absolute Gasteiger partial charge is 0.452 e. The van der Waals surface area contributed by atoms with Gasteiger partial charge in [-0.05, 0) is 25.1 Å². The summed E-state index contributed by atoms with van der Waals surface area (Å²) in [6, 6.07) is 4.28. The molecule has 6 nitrogen and oxygen atoms in total. The summed E-state index contributed by atoms with van der Waals surface area (Å²) in [5.41, 5.74) is 1.45. The van der Waals surface area contributed by atoms with Gasteiger partial charge in [-0.3, -0.25) is 9.48 Å². The van der Waals surface area contributed by atoms with Crippen molar-refractivity contribution < 1.29 is 18.7 Å². The lowest BCUT2D eigenvalue weighted by molar-refractivity contribution is -0.147. The maximum Gasteiger partial charge on any atom is 0.331 e. The van der Waals surface area contributed by atoms with Gasteiger partial charge in [0.2, 0.25) is 0 Å². The highest BCUT2D eigenvalue weighted by molar-refractivity contribution is 6.31. The molecule has 0 aliphatic heterocycles. The van der Waals surface area contributed by atoms with E-state index in [1.807, 2.05) is 0 Å². The summed E-state index contributed by atoms with van der Waals surface area (Å²) in [6.07, 6.45) is 2.64. The van der Waals surface area contributed by atoms with E-state index in [1.54, 1.807) is 14.0 Å². The van der Waals surface area contributed by atoms with Crippen molar-refractivity contribution in [3.63, 3.8) is 0 Å². The van der Waals surface area contributed by atoms with Crippen LogP contribution in [0.15, 0.2) is 24.3 Å². The van der Waals surface area contributed by atoms with Gasteiger partial charge in [0.1, 0.15) is 11.0 Å². The van der Waals surface area contributed by atoms with Crippen molar-refractivity contribution >= 4 is 41.2 Å². The lowest BCUT2D eigenvalue weighted by atomic mass is 10.2. The van der Waals surface area contributed by atoms with Crippen LogP contribution < -0.4 is 0 Å². The number of ether oxygens (including phenoxy) is 1. The average Bonchev–Trinajstić information content (AvgIpc) is 2.86. The minimum atomic E-state index is -0.708. The smallest absolute Gasteiger partial charge is 0.331 e. The van der Waals surface area contributed by atoms with Crippen LogP contribution in [0.4, 0.5) is 4.39 Å². The first kappa shape index (κ1) is 20.9. The second kappa shape index (κ2) is 9.01. The van der Waals surface area contributed by atoms with E-state index in [4.69, 9.17) is 27.9 Å². The number of benzene rings is 1. The summed E-state index contributed by atoms with van der Waals surface area (Å²) in [6.45, 7) is 1.23. The van der Waals surface area contributed by atoms with Crippen molar-refractivity contribution in [3.8, 4) is 0 Å². The van der Waals surface area contributed by atoms with E-state index in [9.17, 15) is 14.0 Å². The van der Waals surface area contributed by atoms with Gasteiger partial charge in [-0.2, -0.15) is 5.10 Å². The van der Waals surface area contributed by atoms with Crippen LogP contribution in [0, 0.1) is 12.7 Å². The number of likely N-dealkylation sites (N-methyl/N-ethyl adjacent to an activating group) is 1. The Balaban J connectivity index is 1.90. The third kappa shape index (κ3) is 5.30. The number of rotatable bonds is 6. The zero-order valence-corrected chi connectivity index (χ0v) is 16.5. The van der Waals surface area contributed by atoms with Gasteiger partial charge in [-0.15, -0.1) is 0 Å². The first-order valence-corrected chi connectivity index (χ1v) is 8.67. The van der Waals surface area contributed by atoms with E-state index in [0.717, 1.165) is 6.08 Å². The van der Waals surface area contributed by atoms with Gasteiger partial charge in [0.15, 0.2) is 6.61 Å². The van der Waals surface area contributed by atoms with Crippen molar-refractivity contribution in [3.05, 3.63) is 57.1 Å². The summed E-state index contributed by atoms with van der Waals surface area (Å²) in [4.78, 5) is 25.1. The second-order valence-electron chi connectivity index (χ2n) is 5.80. The molecule has 0 saturated carbocycles. The molecular weight excluding hydrogens is 396 g/mol. The molecule has 1 aromatic heterocycles. The maximum absolute atomic E-state index is 13.8. The van der Waals surface area contributed by atoms with Crippen LogP contribution in [0.5, 0.6) is 0 Å². The molecule has 0 saturated heterocycles. The van der Waals surface area contributed by atoms with Crippen molar-refractivity contribution in [2.24, 2.45) is 7.05 Å². The Morgan fingerprint density at radius 2 is 2.07 bits per heavy atom. The molecule has 0 bridgehead atoms. The standard InChI is InChI=1S/C18H18Cl2FN3O3/c1-11-12(18(20)24(3)22-11)7-8-17(26)27-10-16(25)23(2)9-13-14(19)5-4-6-15(13)21/h4-8H,9-10H2,1-3H3/b8-7+. The number of hydrogen-bond donors (Lipinski definition) is 0. The molecule has 144 valence electrons. The van der Waals surface area contributed by atoms with E-state index in [0.29, 0.717) is 16.4 Å². The topological polar surface area (TPSA) is 64.4 Å². The van der Waals surface area contributed by atoms with Gasteiger partial charge in [-0.25, -0.2) is 9.18 Å². The van der Waals surface area contributed by atoms with E-state index in [1.165, 1.54) is 40.9 Å². The predicted octanol–water partition coefficient (Wildman–Crippen LogP) is 3.39. The molecule has 0 radical (unpaired) electrons. The molecule has 0 aliphatic rings. The van der Waals surface area contributed by atoms with E-state index < -0.39 is 24.3 Å². The Labute approximate surface area is 166 Å². The van der Waals surface area contributed by atoms with Crippen LogP contribution >= 0.6 is 23.2 Å². The lowest BCUT2D eigenvalue weighted by Gasteiger charge is -2.18. The summed E-state index contributed by atoms with van der Waals surface area (Å²) < 4.78 is 20.2. The van der Waals surface area contributed by atoms with Gasteiger partial charge in [0.25, 0.3) is 5.91 Å². The molecule has 27 heavy (non-hydrogen) atoms. The van der Waals surface area contributed by atoms with E-state index in [2.05, 4.69) is 5.10 Å². The highest BCUT2D eigenvalue weighted by Crippen LogP contribution is 2.21. The number of aryl methyl sites for hydroxylation is 2. The number of carbonyl (C=O) groups is 2. The Morgan fingerprint density at radius 1 is 1.37 bits per heavy atom. The molecule has 0 atom stereocenters. The molecule has 0 aliphatic carbocycles. The van der Waals surface area contributed by atoms with Gasteiger partial charge >= 0.3 is 5.97 Å². The fourth-order valence-electron chi connectivity index (χ4n) is 2.29. The lowest BCUT2D eigenvalue weighted by Crippen LogP contribution is -2.31. The summed E-state index contributed by atoms with van der Waals surface area (Å²) in [5, 5.41) is 4.72. The summed E-state index contributed by atoms with van der Waals surface area (Å²) in [5.74, 6) is -1.71. The Bertz CT molecular complexity index is 876. The number of carbonyl (C=O) groups excluding carboxylic acids is 2. The minimum Gasteiger partial charge on any atom is -0.452 e. The molecular formula is C18H18Cl2FN3O3. The normalized spacial score (nSPS) is 11.0. The number of aromatic nitrogens is 2. The highest BCUT2D eigenvalue weighted by atomic mass is 35.5. The quantitative estimate of drug-likeness (QED) is 0.537. The van der Waals surface area contributed by atoms with Crippen molar-refractivity contribution in [1.82, 2.24) is 14.7 Å². The Morgan fingerprint density at radius 3 is 2.67 bits per heavy atom. The Hall–Kier alpha value is -2.38. The van der Waals surface area contributed by atoms with Crippen LogP contribution in [-0.4, -0.2) is 40.2 Å². The molecule has 2 rings (SSSR count). The Kier molecular flexibility index (Phi) is 6.98. The molecule has 9 heteroatoms. The number of halogens is 3. The number of hydrogen-bond acceptors (Lipinski definition) is 4. The van der Waals surface area contributed by atoms with E-state index >= 15 is 0 Å². The van der Waals surface area contributed by atoms with Crippen molar-refractivity contribution in [2.45, 2.75) is 13.5 Å². The molecule has 1 aromatic carbocycles. The third-order valence-corrected chi connectivity index (χ3v) is 4.61. The zero-order valence-electron chi connectivity index (χ0n) is 15.0. The SMILES string of the molecule is Cc1nn(C)c(Cl)c1/C=C/C(=O)OCC(=O)N(C)Cc1c(F)cccc1Cl. The third-order valence-electron chi connectivity index (χ3n) is 3.80. The van der Waals surface area contributed by atoms with Gasteiger partial charge in [0.05, 0.1) is 5.69 Å². The number of amides is 1. The van der Waals surface area contributed by atoms with Crippen LogP contribution in [-0.2, 0) is 27.9 Å². The van der Waals surface area contributed by atoms with Crippen molar-refractivity contribution in [1.29, 1.82) is 0 Å². The summed E-state index contributed by atoms with van der Waals surface area (Å²) >= 11 is 12.0. The van der Waals surface area contributed by atoms with Crippen LogP contribution in [0.1, 0.15) is 16.8 Å². The second-order valence-corrected chi connectivity index (χ2v) is 6.57.